The molecule has 1 amide bonds. The summed E-state index contributed by atoms with van der Waals surface area (Å²) in [5, 5.41) is 32.5. The lowest BCUT2D eigenvalue weighted by atomic mass is 9.90. The molecule has 11 heteroatoms. The van der Waals surface area contributed by atoms with E-state index in [2.05, 4.69) is 0 Å². The first kappa shape index (κ1) is 30.0. The highest BCUT2D eigenvalue weighted by Crippen LogP contribution is 2.35. The van der Waals surface area contributed by atoms with Crippen LogP contribution in [-0.4, -0.2) is 66.4 Å². The number of carbonyl (C=O) groups excluding carboxylic acids is 1. The zero-order valence-corrected chi connectivity index (χ0v) is 23.4. The number of rotatable bonds is 10. The maximum Gasteiger partial charge on any atom is 0.221 e. The number of aliphatic hydroxyl groups is 3. The molecule has 1 saturated heterocycles. The maximum absolute atomic E-state index is 13.2. The molecule has 3 aromatic rings. The molecule has 0 saturated carbocycles. The first-order valence-corrected chi connectivity index (χ1v) is 14.8. The van der Waals surface area contributed by atoms with Gasteiger partial charge in [0.15, 0.2) is 9.84 Å². The van der Waals surface area contributed by atoms with Crippen LogP contribution in [0.4, 0.5) is 0 Å². The summed E-state index contributed by atoms with van der Waals surface area (Å²) in [5.74, 6) is -0.524. The van der Waals surface area contributed by atoms with Gasteiger partial charge in [0.1, 0.15) is 36.3 Å². The van der Waals surface area contributed by atoms with E-state index in [-0.39, 0.29) is 11.3 Å². The predicted octanol–water partition coefficient (Wildman–Crippen LogP) is 2.35. The minimum Gasteiger partial charge on any atom is -0.494 e. The lowest BCUT2D eigenvalue weighted by Crippen LogP contribution is -2.56. The van der Waals surface area contributed by atoms with Crippen molar-refractivity contribution in [3.8, 4) is 5.75 Å². The number of aliphatic hydroxyl groups excluding tert-OH is 3. The Morgan fingerprint density at radius 3 is 2.38 bits per heavy atom. The molecule has 0 aliphatic carbocycles. The van der Waals surface area contributed by atoms with Gasteiger partial charge >= 0.3 is 0 Å². The average Bonchev–Trinajstić information content (AvgIpc) is 2.91. The number of hydrogen-bond donors (Lipinski definition) is 4. The molecular formula is C29H32ClNO8S. The van der Waals surface area contributed by atoms with Crippen LogP contribution in [-0.2, 0) is 32.2 Å². The van der Waals surface area contributed by atoms with Gasteiger partial charge in [-0.2, -0.15) is 0 Å². The van der Waals surface area contributed by atoms with Gasteiger partial charge in [-0.3, -0.25) is 4.79 Å². The molecule has 1 aliphatic rings. The molecule has 0 radical (unpaired) electrons. The molecule has 3 aromatic carbocycles. The third kappa shape index (κ3) is 7.01. The molecule has 1 heterocycles. The smallest absolute Gasteiger partial charge is 0.221 e. The molecule has 1 fully saturated rings. The second-order valence-corrected chi connectivity index (χ2v) is 12.2. The zero-order chi connectivity index (χ0) is 29.0. The minimum atomic E-state index is -4.02. The van der Waals surface area contributed by atoms with Crippen LogP contribution in [0.15, 0.2) is 71.6 Å². The van der Waals surface area contributed by atoms with Gasteiger partial charge in [0.05, 0.1) is 23.7 Å². The van der Waals surface area contributed by atoms with Crippen molar-refractivity contribution < 1.29 is 38.0 Å². The van der Waals surface area contributed by atoms with Crippen LogP contribution in [0.2, 0.25) is 5.02 Å². The average molecular weight is 590 g/mol. The van der Waals surface area contributed by atoms with E-state index in [1.165, 1.54) is 18.2 Å². The van der Waals surface area contributed by atoms with Crippen molar-refractivity contribution >= 4 is 27.3 Å². The molecule has 5 atom stereocenters. The van der Waals surface area contributed by atoms with Crippen molar-refractivity contribution in [2.75, 3.05) is 12.4 Å². The summed E-state index contributed by atoms with van der Waals surface area (Å²) in [6.45, 7) is 2.46. The Morgan fingerprint density at radius 1 is 0.975 bits per heavy atom. The lowest BCUT2D eigenvalue weighted by molar-refractivity contribution is -0.218. The summed E-state index contributed by atoms with van der Waals surface area (Å²) in [4.78, 5) is 11.2. The molecule has 40 heavy (non-hydrogen) atoms. The van der Waals surface area contributed by atoms with E-state index in [0.717, 1.165) is 16.9 Å². The Balaban J connectivity index is 1.56. The van der Waals surface area contributed by atoms with E-state index in [0.29, 0.717) is 29.2 Å². The van der Waals surface area contributed by atoms with Gasteiger partial charge in [0.25, 0.3) is 0 Å². The number of primary amides is 1. The summed E-state index contributed by atoms with van der Waals surface area (Å²) in [6.07, 6.45) is -6.99. The van der Waals surface area contributed by atoms with Crippen molar-refractivity contribution in [3.05, 3.63) is 94.0 Å². The van der Waals surface area contributed by atoms with Crippen LogP contribution >= 0.6 is 11.6 Å². The van der Waals surface area contributed by atoms with Gasteiger partial charge in [0, 0.05) is 5.02 Å². The normalized spacial score (nSPS) is 23.1. The fourth-order valence-corrected chi connectivity index (χ4v) is 6.43. The largest absolute Gasteiger partial charge is 0.494 e. The minimum absolute atomic E-state index is 0.0802. The molecule has 5 N–H and O–H groups in total. The quantitative estimate of drug-likeness (QED) is 0.281. The van der Waals surface area contributed by atoms with Crippen LogP contribution in [0, 0.1) is 0 Å². The standard InChI is InChI=1S/C29H32ClNO8S/c1-2-38-21-9-6-17(7-10-21)12-20-15-19(8-11-23(20)30)29-28(35)27(34)26(33)24(39-29)16-40(36,37)22-5-3-4-18(13-22)14-25(31)32/h3-11,13,15,24,26-29,33-35H,2,12,14,16H2,1H3,(H2,31,32)/t24-,26+,27-,28-,29+/m1/s1. The van der Waals surface area contributed by atoms with Gasteiger partial charge in [-0.05, 0) is 65.9 Å². The number of halogens is 1. The SMILES string of the molecule is CCOc1ccc(Cc2cc([C@@H]3O[C@H](CS(=O)(=O)c4cccc(CC(N)=O)c4)[C@H](O)[C@@H](O)[C@H]3O)ccc2Cl)cc1. The summed E-state index contributed by atoms with van der Waals surface area (Å²) >= 11 is 6.46. The molecule has 0 aromatic heterocycles. The molecule has 9 nitrogen and oxygen atoms in total. The molecule has 0 bridgehead atoms. The molecule has 0 spiro atoms. The van der Waals surface area contributed by atoms with Gasteiger partial charge in [-0.25, -0.2) is 8.42 Å². The second-order valence-electron chi connectivity index (χ2n) is 9.74. The second kappa shape index (κ2) is 12.7. The third-order valence-electron chi connectivity index (χ3n) is 6.76. The Morgan fingerprint density at radius 2 is 1.70 bits per heavy atom. The number of sulfone groups is 1. The van der Waals surface area contributed by atoms with Crippen molar-refractivity contribution in [3.63, 3.8) is 0 Å². The number of benzene rings is 3. The van der Waals surface area contributed by atoms with Crippen molar-refractivity contribution in [1.82, 2.24) is 0 Å². The van der Waals surface area contributed by atoms with Gasteiger partial charge < -0.3 is 30.5 Å². The predicted molar refractivity (Wildman–Crippen MR) is 149 cm³/mol. The Labute approximate surface area is 238 Å². The number of nitrogens with two attached hydrogens (primary N) is 1. The van der Waals surface area contributed by atoms with E-state index >= 15 is 0 Å². The Bertz CT molecular complexity index is 1450. The Kier molecular flexibility index (Phi) is 9.50. The molecule has 1 aliphatic heterocycles. The van der Waals surface area contributed by atoms with Crippen LogP contribution in [0.25, 0.3) is 0 Å². The van der Waals surface area contributed by atoms with E-state index < -0.39 is 52.0 Å². The number of amides is 1. The van der Waals surface area contributed by atoms with Gasteiger partial charge in [-0.1, -0.05) is 48.0 Å². The number of carbonyl (C=O) groups is 1. The number of ether oxygens (including phenoxy) is 2. The summed E-state index contributed by atoms with van der Waals surface area (Å²) in [5.41, 5.74) is 7.81. The van der Waals surface area contributed by atoms with Crippen molar-refractivity contribution in [1.29, 1.82) is 0 Å². The highest BCUT2D eigenvalue weighted by Gasteiger charge is 2.46. The fraction of sp³-hybridized carbons (Fsp3) is 0.345. The Hall–Kier alpha value is -2.99. The summed E-state index contributed by atoms with van der Waals surface area (Å²) in [7, 11) is -4.02. The van der Waals surface area contributed by atoms with Crippen LogP contribution in [0.3, 0.4) is 0 Å². The topological polar surface area (TPSA) is 156 Å². The van der Waals surface area contributed by atoms with Crippen LogP contribution < -0.4 is 10.5 Å². The maximum atomic E-state index is 13.2. The fourth-order valence-electron chi connectivity index (χ4n) is 4.72. The third-order valence-corrected chi connectivity index (χ3v) is 8.87. The number of hydrogen-bond acceptors (Lipinski definition) is 8. The van der Waals surface area contributed by atoms with Gasteiger partial charge in [0.2, 0.25) is 5.91 Å². The molecular weight excluding hydrogens is 558 g/mol. The van der Waals surface area contributed by atoms with Crippen molar-refractivity contribution in [2.45, 2.75) is 55.2 Å². The molecule has 4 rings (SSSR count). The van der Waals surface area contributed by atoms with E-state index in [9.17, 15) is 28.5 Å². The highest BCUT2D eigenvalue weighted by atomic mass is 35.5. The van der Waals surface area contributed by atoms with Crippen LogP contribution in [0.5, 0.6) is 5.75 Å². The lowest BCUT2D eigenvalue weighted by Gasteiger charge is -2.41. The van der Waals surface area contributed by atoms with E-state index in [1.54, 1.807) is 24.3 Å². The van der Waals surface area contributed by atoms with Gasteiger partial charge in [-0.15, -0.1) is 0 Å². The highest BCUT2D eigenvalue weighted by molar-refractivity contribution is 7.91. The first-order valence-electron chi connectivity index (χ1n) is 12.8. The zero-order valence-electron chi connectivity index (χ0n) is 21.8. The van der Waals surface area contributed by atoms with Crippen LogP contribution in [0.1, 0.15) is 35.3 Å². The van der Waals surface area contributed by atoms with E-state index in [1.807, 2.05) is 31.2 Å². The van der Waals surface area contributed by atoms with Crippen molar-refractivity contribution in [2.24, 2.45) is 5.73 Å². The molecule has 214 valence electrons. The monoisotopic (exact) mass is 589 g/mol. The summed E-state index contributed by atoms with van der Waals surface area (Å²) in [6, 6.07) is 18.3. The van der Waals surface area contributed by atoms with E-state index in [4.69, 9.17) is 26.8 Å². The first-order chi connectivity index (χ1) is 19.0. The molecule has 0 unspecified atom stereocenters. The summed E-state index contributed by atoms with van der Waals surface area (Å²) < 4.78 is 37.8.